The van der Waals surface area contributed by atoms with E-state index in [1.165, 1.54) is 18.2 Å². The minimum Gasteiger partial charge on any atom is -0.480 e. The lowest BCUT2D eigenvalue weighted by molar-refractivity contribution is -0.384. The number of benzene rings is 1. The van der Waals surface area contributed by atoms with E-state index in [4.69, 9.17) is 0 Å². The first-order chi connectivity index (χ1) is 11.4. The molecule has 0 radical (unpaired) electrons. The van der Waals surface area contributed by atoms with E-state index in [-0.39, 0.29) is 17.3 Å². The van der Waals surface area contributed by atoms with Gasteiger partial charge in [-0.25, -0.2) is 4.79 Å². The summed E-state index contributed by atoms with van der Waals surface area (Å²) in [5, 5.41) is 25.9. The van der Waals surface area contributed by atoms with Crippen molar-refractivity contribution in [2.24, 2.45) is 5.92 Å². The summed E-state index contributed by atoms with van der Waals surface area (Å²) in [6, 6.07) is 3.45. The fourth-order valence-corrected chi connectivity index (χ4v) is 2.54. The lowest BCUT2D eigenvalue weighted by atomic mass is 10.1. The van der Waals surface area contributed by atoms with Gasteiger partial charge in [-0.15, -0.1) is 0 Å². The van der Waals surface area contributed by atoms with Crippen molar-refractivity contribution in [2.45, 2.75) is 44.2 Å². The van der Waals surface area contributed by atoms with Crippen molar-refractivity contribution in [1.29, 1.82) is 0 Å². The minimum absolute atomic E-state index is 0.0880. The highest BCUT2D eigenvalue weighted by Crippen LogP contribution is 2.34. The number of anilines is 1. The molecule has 2 aliphatic rings. The second kappa shape index (κ2) is 6.46. The van der Waals surface area contributed by atoms with Gasteiger partial charge in [0.25, 0.3) is 11.6 Å². The van der Waals surface area contributed by atoms with Crippen LogP contribution in [0.5, 0.6) is 0 Å². The van der Waals surface area contributed by atoms with E-state index in [2.05, 4.69) is 10.6 Å². The van der Waals surface area contributed by atoms with E-state index in [1.807, 2.05) is 0 Å². The highest BCUT2D eigenvalue weighted by atomic mass is 16.6. The number of nitrogens with zero attached hydrogens (tertiary/aromatic N) is 1. The van der Waals surface area contributed by atoms with E-state index in [9.17, 15) is 24.8 Å². The monoisotopic (exact) mass is 333 g/mol. The Hall–Kier alpha value is -2.64. The number of carbonyl (C=O) groups excluding carboxylic acids is 1. The van der Waals surface area contributed by atoms with Gasteiger partial charge in [0.2, 0.25) is 0 Å². The van der Waals surface area contributed by atoms with Gasteiger partial charge in [0.1, 0.15) is 11.7 Å². The summed E-state index contributed by atoms with van der Waals surface area (Å²) in [7, 11) is 0. The highest BCUT2D eigenvalue weighted by Gasteiger charge is 2.31. The number of carboxylic acids is 1. The number of nitrogens with one attached hydrogen (secondary N) is 2. The van der Waals surface area contributed by atoms with Crippen molar-refractivity contribution in [3.05, 3.63) is 33.9 Å². The number of amides is 1. The Morgan fingerprint density at radius 3 is 2.54 bits per heavy atom. The second-order valence-corrected chi connectivity index (χ2v) is 6.45. The number of hydrogen-bond donors (Lipinski definition) is 3. The van der Waals surface area contributed by atoms with Gasteiger partial charge >= 0.3 is 5.97 Å². The summed E-state index contributed by atoms with van der Waals surface area (Å²) < 4.78 is 0. The molecule has 2 fully saturated rings. The molecule has 0 aliphatic heterocycles. The molecule has 128 valence electrons. The average Bonchev–Trinajstić information content (AvgIpc) is 3.42. The maximum Gasteiger partial charge on any atom is 0.326 e. The third-order valence-corrected chi connectivity index (χ3v) is 4.26. The van der Waals surface area contributed by atoms with Crippen LogP contribution in [-0.2, 0) is 4.79 Å². The Bertz CT molecular complexity index is 682. The number of hydrogen-bond acceptors (Lipinski definition) is 5. The molecule has 0 aromatic heterocycles. The van der Waals surface area contributed by atoms with Crippen LogP contribution in [0.4, 0.5) is 11.4 Å². The van der Waals surface area contributed by atoms with E-state index in [0.717, 1.165) is 25.7 Å². The Balaban J connectivity index is 1.74. The molecule has 1 amide bonds. The first-order valence-electron chi connectivity index (χ1n) is 8.02. The molecule has 1 aromatic rings. The number of carboxylic acid groups (broad SMARTS) is 1. The van der Waals surface area contributed by atoms with Gasteiger partial charge in [-0.3, -0.25) is 14.9 Å². The Morgan fingerprint density at radius 2 is 2.00 bits per heavy atom. The van der Waals surface area contributed by atoms with Gasteiger partial charge in [0.15, 0.2) is 0 Å². The molecule has 1 unspecified atom stereocenters. The zero-order chi connectivity index (χ0) is 17.3. The normalized spacial score (nSPS) is 17.8. The average molecular weight is 333 g/mol. The van der Waals surface area contributed by atoms with Gasteiger partial charge in [-0.1, -0.05) is 12.8 Å². The lowest BCUT2D eigenvalue weighted by Crippen LogP contribution is -2.41. The van der Waals surface area contributed by atoms with E-state index >= 15 is 0 Å². The number of nitro benzene ring substituents is 1. The summed E-state index contributed by atoms with van der Waals surface area (Å²) in [6.07, 6.45) is 4.30. The number of aliphatic carboxylic acids is 1. The zero-order valence-corrected chi connectivity index (χ0v) is 13.0. The number of nitro groups is 1. The Morgan fingerprint density at radius 1 is 1.29 bits per heavy atom. The largest absolute Gasteiger partial charge is 0.480 e. The molecule has 0 bridgehead atoms. The quantitative estimate of drug-likeness (QED) is 0.495. The number of rotatable bonds is 8. The molecule has 1 atom stereocenters. The van der Waals surface area contributed by atoms with E-state index in [0.29, 0.717) is 18.0 Å². The van der Waals surface area contributed by atoms with Gasteiger partial charge in [0.05, 0.1) is 4.92 Å². The molecule has 0 heterocycles. The molecule has 24 heavy (non-hydrogen) atoms. The minimum atomic E-state index is -1.09. The van der Waals surface area contributed by atoms with Crippen molar-refractivity contribution in [3.8, 4) is 0 Å². The standard InChI is InChI=1S/C16H19N3O5/c20-15(18-13(16(21)22)7-9-1-2-9)10-3-6-12(17-11-4-5-11)14(8-10)19(23)24/h3,6,8-9,11,13,17H,1-2,4-5,7H2,(H,18,20)(H,21,22). The second-order valence-electron chi connectivity index (χ2n) is 6.45. The van der Waals surface area contributed by atoms with E-state index < -0.39 is 22.8 Å². The van der Waals surface area contributed by atoms with Gasteiger partial charge in [-0.2, -0.15) is 0 Å². The topological polar surface area (TPSA) is 122 Å². The van der Waals surface area contributed by atoms with Crippen LogP contribution < -0.4 is 10.6 Å². The van der Waals surface area contributed by atoms with Crippen LogP contribution in [0.2, 0.25) is 0 Å². The van der Waals surface area contributed by atoms with Crippen LogP contribution in [0, 0.1) is 16.0 Å². The third kappa shape index (κ3) is 4.01. The van der Waals surface area contributed by atoms with Crippen LogP contribution in [0.15, 0.2) is 18.2 Å². The summed E-state index contributed by atoms with van der Waals surface area (Å²) in [6.45, 7) is 0. The molecule has 8 nitrogen and oxygen atoms in total. The molecule has 8 heteroatoms. The summed E-state index contributed by atoms with van der Waals surface area (Å²) in [5.41, 5.74) is 0.292. The van der Waals surface area contributed by atoms with Crippen molar-refractivity contribution < 1.29 is 19.6 Å². The molecule has 2 saturated carbocycles. The maximum absolute atomic E-state index is 12.3. The zero-order valence-electron chi connectivity index (χ0n) is 13.0. The SMILES string of the molecule is O=C(NC(CC1CC1)C(=O)O)c1ccc(NC2CC2)c([N+](=O)[O-])c1. The predicted octanol–water partition coefficient (Wildman–Crippen LogP) is 2.15. The van der Waals surface area contributed by atoms with Crippen LogP contribution >= 0.6 is 0 Å². The molecule has 3 rings (SSSR count). The van der Waals surface area contributed by atoms with E-state index in [1.54, 1.807) is 0 Å². The first-order valence-corrected chi connectivity index (χ1v) is 8.02. The first kappa shape index (κ1) is 16.2. The van der Waals surface area contributed by atoms with Gasteiger partial charge in [0, 0.05) is 17.7 Å². The maximum atomic E-state index is 12.3. The predicted molar refractivity (Wildman–Crippen MR) is 86.0 cm³/mol. The number of carbonyl (C=O) groups is 2. The highest BCUT2D eigenvalue weighted by molar-refractivity contribution is 5.97. The molecular weight excluding hydrogens is 314 g/mol. The Kier molecular flexibility index (Phi) is 4.37. The van der Waals surface area contributed by atoms with Gasteiger partial charge in [-0.05, 0) is 37.3 Å². The molecule has 1 aromatic carbocycles. The van der Waals surface area contributed by atoms with Crippen LogP contribution in [0.25, 0.3) is 0 Å². The smallest absolute Gasteiger partial charge is 0.326 e. The molecule has 2 aliphatic carbocycles. The molecule has 3 N–H and O–H groups in total. The molecular formula is C16H19N3O5. The third-order valence-electron chi connectivity index (χ3n) is 4.26. The van der Waals surface area contributed by atoms with Crippen molar-refractivity contribution >= 4 is 23.3 Å². The van der Waals surface area contributed by atoms with Crippen LogP contribution in [-0.4, -0.2) is 34.0 Å². The molecule has 0 saturated heterocycles. The Labute approximate surface area is 138 Å². The lowest BCUT2D eigenvalue weighted by Gasteiger charge is -2.14. The van der Waals surface area contributed by atoms with Crippen molar-refractivity contribution in [3.63, 3.8) is 0 Å². The summed E-state index contributed by atoms with van der Waals surface area (Å²) >= 11 is 0. The fourth-order valence-electron chi connectivity index (χ4n) is 2.54. The molecule has 0 spiro atoms. The van der Waals surface area contributed by atoms with Crippen molar-refractivity contribution in [1.82, 2.24) is 5.32 Å². The van der Waals surface area contributed by atoms with Crippen molar-refractivity contribution in [2.75, 3.05) is 5.32 Å². The van der Waals surface area contributed by atoms with Crippen LogP contribution in [0.3, 0.4) is 0 Å². The fraction of sp³-hybridized carbons (Fsp3) is 0.500. The summed E-state index contributed by atoms with van der Waals surface area (Å²) in [5.74, 6) is -1.35. The van der Waals surface area contributed by atoms with Crippen LogP contribution in [0.1, 0.15) is 42.5 Å². The van der Waals surface area contributed by atoms with Gasteiger partial charge < -0.3 is 15.7 Å². The summed E-state index contributed by atoms with van der Waals surface area (Å²) in [4.78, 5) is 34.2.